The standard InChI is InChI=1S/C33H39FN6O8S2/c1-18-26-27(41)39(32(2,3)30(42)37-50(44,45)33(4)10-11-33)31(43)38(29(26)49-28(18)40-35-12-13-36-40)17-25(23-14-19(34)6-9-24(23)46-5)48-22-15-20-7-8-21(16-22)47-20/h6,9,12-14,20-22,25H,7-8,10-11,15-17H2,1-5H3,(H,37,42)/t20-,21+,22-,25-/m0/s1. The van der Waals surface area contributed by atoms with Crippen LogP contribution in [0.4, 0.5) is 4.39 Å². The van der Waals surface area contributed by atoms with E-state index in [9.17, 15) is 27.2 Å². The van der Waals surface area contributed by atoms with Crippen LogP contribution >= 0.6 is 11.3 Å². The summed E-state index contributed by atoms with van der Waals surface area (Å²) >= 11 is 1.10. The lowest BCUT2D eigenvalue weighted by Gasteiger charge is -2.33. The van der Waals surface area contributed by atoms with Gasteiger partial charge in [-0.05, 0) is 84.4 Å². The summed E-state index contributed by atoms with van der Waals surface area (Å²) in [5.74, 6) is -1.23. The van der Waals surface area contributed by atoms with Crippen molar-refractivity contribution >= 4 is 37.5 Å². The number of thiophene rings is 1. The zero-order chi connectivity index (χ0) is 35.7. The molecule has 3 aromatic heterocycles. The molecule has 0 spiro atoms. The third-order valence-electron chi connectivity index (χ3n) is 10.2. The van der Waals surface area contributed by atoms with Crippen molar-refractivity contribution in [3.63, 3.8) is 0 Å². The number of hydrogen-bond donors (Lipinski definition) is 1. The summed E-state index contributed by atoms with van der Waals surface area (Å²) in [4.78, 5) is 44.5. The van der Waals surface area contributed by atoms with E-state index in [1.54, 1.807) is 6.92 Å². The van der Waals surface area contributed by atoms with Crippen LogP contribution < -0.4 is 20.7 Å². The maximum atomic E-state index is 14.9. The van der Waals surface area contributed by atoms with Gasteiger partial charge in [0.15, 0.2) is 0 Å². The van der Waals surface area contributed by atoms with Crippen LogP contribution in [-0.2, 0) is 36.4 Å². The highest BCUT2D eigenvalue weighted by atomic mass is 32.2. The van der Waals surface area contributed by atoms with Gasteiger partial charge in [-0.2, -0.15) is 10.2 Å². The Hall–Kier alpha value is -3.93. The minimum absolute atomic E-state index is 0.0303. The fourth-order valence-corrected chi connectivity index (χ4v) is 9.51. The first-order chi connectivity index (χ1) is 23.6. The summed E-state index contributed by atoms with van der Waals surface area (Å²) in [5.41, 5.74) is -2.83. The van der Waals surface area contributed by atoms with Crippen molar-refractivity contribution in [1.82, 2.24) is 28.9 Å². The number of amides is 1. The van der Waals surface area contributed by atoms with Gasteiger partial charge in [-0.3, -0.25) is 18.9 Å². The summed E-state index contributed by atoms with van der Waals surface area (Å²) in [7, 11) is -2.64. The van der Waals surface area contributed by atoms with Crippen LogP contribution in [-0.4, -0.2) is 68.6 Å². The largest absolute Gasteiger partial charge is 0.496 e. The molecule has 7 rings (SSSR count). The van der Waals surface area contributed by atoms with Crippen molar-refractivity contribution in [2.24, 2.45) is 0 Å². The average Bonchev–Trinajstić information content (AvgIpc) is 3.35. The Morgan fingerprint density at radius 2 is 1.84 bits per heavy atom. The number of hydrogen-bond acceptors (Lipinski definition) is 11. The highest BCUT2D eigenvalue weighted by molar-refractivity contribution is 7.91. The number of ether oxygens (including phenoxy) is 3. The fourth-order valence-electron chi connectivity index (χ4n) is 6.91. The molecule has 4 aromatic rings. The number of aryl methyl sites for hydroxylation is 1. The van der Waals surface area contributed by atoms with Crippen molar-refractivity contribution in [1.29, 1.82) is 0 Å². The number of fused-ring (bicyclic) bond motifs is 3. The molecule has 1 saturated carbocycles. The summed E-state index contributed by atoms with van der Waals surface area (Å²) in [5, 5.41) is 9.03. The van der Waals surface area contributed by atoms with Crippen LogP contribution in [0.15, 0.2) is 40.2 Å². The molecule has 3 aliphatic rings. The number of halogens is 1. The van der Waals surface area contributed by atoms with Gasteiger partial charge < -0.3 is 14.2 Å². The zero-order valence-corrected chi connectivity index (χ0v) is 30.0. The molecule has 3 fully saturated rings. The smallest absolute Gasteiger partial charge is 0.333 e. The number of nitrogens with one attached hydrogen (secondary N) is 1. The van der Waals surface area contributed by atoms with Gasteiger partial charge in [0.2, 0.25) is 10.0 Å². The molecule has 2 bridgehead atoms. The zero-order valence-electron chi connectivity index (χ0n) is 28.3. The molecule has 5 heterocycles. The van der Waals surface area contributed by atoms with Crippen molar-refractivity contribution in [3.8, 4) is 10.8 Å². The average molecular weight is 731 g/mol. The highest BCUT2D eigenvalue weighted by Crippen LogP contribution is 2.43. The molecule has 50 heavy (non-hydrogen) atoms. The van der Waals surface area contributed by atoms with Gasteiger partial charge in [0.05, 0.1) is 54.5 Å². The van der Waals surface area contributed by atoms with Gasteiger partial charge in [0, 0.05) is 11.1 Å². The first kappa shape index (κ1) is 34.5. The molecule has 1 amide bonds. The Labute approximate surface area is 291 Å². The Morgan fingerprint density at radius 1 is 1.18 bits per heavy atom. The van der Waals surface area contributed by atoms with Gasteiger partial charge in [0.1, 0.15) is 33.0 Å². The first-order valence-corrected chi connectivity index (χ1v) is 18.8. The Morgan fingerprint density at radius 3 is 2.46 bits per heavy atom. The summed E-state index contributed by atoms with van der Waals surface area (Å²) in [6, 6.07) is 4.05. The van der Waals surface area contributed by atoms with Crippen LogP contribution in [0.5, 0.6) is 5.75 Å². The number of sulfonamides is 1. The second-order valence-corrected chi connectivity index (χ2v) is 17.2. The molecule has 17 heteroatoms. The van der Waals surface area contributed by atoms with Crippen LogP contribution in [0.25, 0.3) is 15.2 Å². The Bertz CT molecular complexity index is 2190. The summed E-state index contributed by atoms with van der Waals surface area (Å²) in [6.45, 7) is 5.66. The third-order valence-corrected chi connectivity index (χ3v) is 13.7. The molecule has 2 saturated heterocycles. The minimum atomic E-state index is -4.10. The fraction of sp³-hybridized carbons (Fsp3) is 0.545. The highest BCUT2D eigenvalue weighted by Gasteiger charge is 2.52. The van der Waals surface area contributed by atoms with E-state index in [-0.39, 0.29) is 35.1 Å². The van der Waals surface area contributed by atoms with E-state index in [0.717, 1.165) is 28.7 Å². The molecule has 0 radical (unpaired) electrons. The van der Waals surface area contributed by atoms with E-state index in [1.165, 1.54) is 67.8 Å². The van der Waals surface area contributed by atoms with Crippen LogP contribution in [0.2, 0.25) is 0 Å². The van der Waals surface area contributed by atoms with Crippen molar-refractivity contribution < 1.29 is 31.8 Å². The molecular weight excluding hydrogens is 692 g/mol. The Balaban J connectivity index is 1.40. The summed E-state index contributed by atoms with van der Waals surface area (Å²) < 4.78 is 62.5. The predicted molar refractivity (Wildman–Crippen MR) is 182 cm³/mol. The minimum Gasteiger partial charge on any atom is -0.496 e. The number of aromatic nitrogens is 5. The number of carbonyl (C=O) groups excluding carboxylic acids is 1. The SMILES string of the molecule is COc1ccc(F)cc1[C@H](Cn1c(=O)n(C(C)(C)C(=O)NS(=O)(=O)C2(C)CC2)c(=O)c2c(C)c(-n3nccn3)sc21)O[C@@H]1C[C@H]2CC[C@@H](C1)O2. The third kappa shape index (κ3) is 5.86. The molecule has 14 nitrogen and oxygen atoms in total. The van der Waals surface area contributed by atoms with Crippen molar-refractivity contribution in [2.75, 3.05) is 7.11 Å². The number of benzene rings is 1. The first-order valence-electron chi connectivity index (χ1n) is 16.5. The maximum absolute atomic E-state index is 14.9. The van der Waals surface area contributed by atoms with E-state index >= 15 is 0 Å². The molecule has 0 unspecified atom stereocenters. The van der Waals surface area contributed by atoms with E-state index in [0.29, 0.717) is 47.6 Å². The van der Waals surface area contributed by atoms with E-state index in [1.807, 2.05) is 0 Å². The van der Waals surface area contributed by atoms with Gasteiger partial charge in [-0.1, -0.05) is 11.3 Å². The lowest BCUT2D eigenvalue weighted by Crippen LogP contribution is -2.57. The van der Waals surface area contributed by atoms with Crippen molar-refractivity contribution in [3.05, 3.63) is 68.4 Å². The molecule has 268 valence electrons. The van der Waals surface area contributed by atoms with Crippen LogP contribution in [0.3, 0.4) is 0 Å². The molecule has 1 N–H and O–H groups in total. The normalized spacial score (nSPS) is 22.1. The Kier molecular flexibility index (Phi) is 8.55. The number of nitrogens with zero attached hydrogens (tertiary/aromatic N) is 5. The topological polar surface area (TPSA) is 166 Å². The molecule has 1 aliphatic carbocycles. The monoisotopic (exact) mass is 730 g/mol. The molecule has 4 atom stereocenters. The van der Waals surface area contributed by atoms with E-state index in [2.05, 4.69) is 14.9 Å². The van der Waals surface area contributed by atoms with Crippen LogP contribution in [0.1, 0.15) is 76.5 Å². The van der Waals surface area contributed by atoms with Gasteiger partial charge >= 0.3 is 5.69 Å². The second-order valence-electron chi connectivity index (χ2n) is 14.1. The lowest BCUT2D eigenvalue weighted by atomic mass is 10.0. The van der Waals surface area contributed by atoms with E-state index < -0.39 is 49.4 Å². The van der Waals surface area contributed by atoms with Gasteiger partial charge in [-0.25, -0.2) is 22.2 Å². The quantitative estimate of drug-likeness (QED) is 0.242. The van der Waals surface area contributed by atoms with Gasteiger partial charge in [0.25, 0.3) is 11.5 Å². The maximum Gasteiger partial charge on any atom is 0.333 e. The molecule has 1 aromatic carbocycles. The van der Waals surface area contributed by atoms with Crippen LogP contribution in [0, 0.1) is 12.7 Å². The molecular formula is C33H39FN6O8S2. The second kappa shape index (κ2) is 12.4. The summed E-state index contributed by atoms with van der Waals surface area (Å²) in [6.07, 6.45) is 5.60. The van der Waals surface area contributed by atoms with Crippen molar-refractivity contribution in [2.45, 2.75) is 107 Å². The number of rotatable bonds is 11. The lowest BCUT2D eigenvalue weighted by molar-refractivity contribution is -0.126. The number of methoxy groups -OCH3 is 1. The van der Waals surface area contributed by atoms with Gasteiger partial charge in [-0.15, -0.1) is 4.80 Å². The predicted octanol–water partition coefficient (Wildman–Crippen LogP) is 3.46. The molecule has 2 aliphatic heterocycles. The number of carbonyl (C=O) groups is 1. The van der Waals surface area contributed by atoms with E-state index in [4.69, 9.17) is 14.2 Å².